The molecule has 0 unspecified atom stereocenters. The van der Waals surface area contributed by atoms with Crippen molar-refractivity contribution in [3.63, 3.8) is 0 Å². The van der Waals surface area contributed by atoms with Crippen LogP contribution in [-0.4, -0.2) is 41.7 Å². The van der Waals surface area contributed by atoms with E-state index >= 15 is 0 Å². The van der Waals surface area contributed by atoms with Crippen LogP contribution in [0.15, 0.2) is 18.2 Å². The van der Waals surface area contributed by atoms with Gasteiger partial charge in [0.25, 0.3) is 0 Å². The summed E-state index contributed by atoms with van der Waals surface area (Å²) >= 11 is 0. The molecule has 0 heterocycles. The van der Waals surface area contributed by atoms with E-state index in [4.69, 9.17) is 10.8 Å². The Kier molecular flexibility index (Phi) is 6.48. The molecule has 0 fully saturated rings. The standard InChI is InChI=1S/C15H25N3O2/c1-11(2)18(7-4-8-19)10-15(20)17-14-6-5-12(3)9-13(14)16/h5-6,9,11,19H,4,7-8,10,16H2,1-3H3,(H,17,20). The minimum atomic E-state index is -0.0906. The number of nitrogens with zero attached hydrogens (tertiary/aromatic N) is 1. The van der Waals surface area contributed by atoms with Crippen molar-refractivity contribution in [3.05, 3.63) is 23.8 Å². The number of rotatable bonds is 7. The minimum Gasteiger partial charge on any atom is -0.397 e. The topological polar surface area (TPSA) is 78.6 Å². The predicted molar refractivity (Wildman–Crippen MR) is 82.6 cm³/mol. The first-order valence-electron chi connectivity index (χ1n) is 6.95. The normalized spacial score (nSPS) is 11.1. The van der Waals surface area contributed by atoms with Crippen molar-refractivity contribution < 1.29 is 9.90 Å². The lowest BCUT2D eigenvalue weighted by Gasteiger charge is -2.25. The molecule has 0 aromatic heterocycles. The van der Waals surface area contributed by atoms with Crippen molar-refractivity contribution in [1.29, 1.82) is 0 Å². The third-order valence-electron chi connectivity index (χ3n) is 3.16. The van der Waals surface area contributed by atoms with Gasteiger partial charge in [-0.3, -0.25) is 9.69 Å². The van der Waals surface area contributed by atoms with Crippen LogP contribution in [0.2, 0.25) is 0 Å². The largest absolute Gasteiger partial charge is 0.397 e. The van der Waals surface area contributed by atoms with Crippen molar-refractivity contribution in [2.45, 2.75) is 33.2 Å². The highest BCUT2D eigenvalue weighted by Gasteiger charge is 2.14. The second-order valence-electron chi connectivity index (χ2n) is 5.28. The minimum absolute atomic E-state index is 0.0906. The summed E-state index contributed by atoms with van der Waals surface area (Å²) in [4.78, 5) is 14.1. The van der Waals surface area contributed by atoms with Crippen LogP contribution in [-0.2, 0) is 4.79 Å². The third kappa shape index (κ3) is 5.19. The lowest BCUT2D eigenvalue weighted by molar-refractivity contribution is -0.117. The summed E-state index contributed by atoms with van der Waals surface area (Å²) in [5.41, 5.74) is 8.16. The molecule has 0 aliphatic rings. The number of carbonyl (C=O) groups is 1. The number of hydrogen-bond donors (Lipinski definition) is 3. The second-order valence-corrected chi connectivity index (χ2v) is 5.28. The van der Waals surface area contributed by atoms with Gasteiger partial charge in [-0.1, -0.05) is 6.07 Å². The monoisotopic (exact) mass is 279 g/mol. The maximum absolute atomic E-state index is 12.1. The van der Waals surface area contributed by atoms with Gasteiger partial charge in [-0.15, -0.1) is 0 Å². The summed E-state index contributed by atoms with van der Waals surface area (Å²) in [5.74, 6) is -0.0906. The van der Waals surface area contributed by atoms with E-state index in [0.29, 0.717) is 30.9 Å². The zero-order valence-corrected chi connectivity index (χ0v) is 12.5. The number of carbonyl (C=O) groups excluding carboxylic acids is 1. The highest BCUT2D eigenvalue weighted by Crippen LogP contribution is 2.19. The Labute approximate surface area is 120 Å². The molecule has 0 atom stereocenters. The first-order chi connectivity index (χ1) is 9.43. The molecule has 0 saturated carbocycles. The molecule has 20 heavy (non-hydrogen) atoms. The summed E-state index contributed by atoms with van der Waals surface area (Å²) in [5, 5.41) is 11.7. The molecule has 0 spiro atoms. The highest BCUT2D eigenvalue weighted by molar-refractivity contribution is 5.95. The molecular weight excluding hydrogens is 254 g/mol. The average Bonchev–Trinajstić information content (AvgIpc) is 2.37. The first kappa shape index (κ1) is 16.5. The number of nitrogens with one attached hydrogen (secondary N) is 1. The highest BCUT2D eigenvalue weighted by atomic mass is 16.3. The smallest absolute Gasteiger partial charge is 0.238 e. The van der Waals surface area contributed by atoms with E-state index in [1.54, 1.807) is 0 Å². The van der Waals surface area contributed by atoms with E-state index < -0.39 is 0 Å². The van der Waals surface area contributed by atoms with Gasteiger partial charge in [0, 0.05) is 19.2 Å². The Morgan fingerprint density at radius 2 is 2.15 bits per heavy atom. The van der Waals surface area contributed by atoms with Gasteiger partial charge in [0.15, 0.2) is 0 Å². The Hall–Kier alpha value is -1.59. The second kappa shape index (κ2) is 7.87. The van der Waals surface area contributed by atoms with Gasteiger partial charge in [0.2, 0.25) is 5.91 Å². The van der Waals surface area contributed by atoms with E-state index in [0.717, 1.165) is 5.56 Å². The van der Waals surface area contributed by atoms with Crippen LogP contribution in [0.25, 0.3) is 0 Å². The van der Waals surface area contributed by atoms with Gasteiger partial charge in [-0.25, -0.2) is 0 Å². The van der Waals surface area contributed by atoms with Gasteiger partial charge in [0.1, 0.15) is 0 Å². The predicted octanol–water partition coefficient (Wildman–Crippen LogP) is 1.61. The SMILES string of the molecule is Cc1ccc(NC(=O)CN(CCCO)C(C)C)c(N)c1. The molecule has 5 heteroatoms. The van der Waals surface area contributed by atoms with Crippen molar-refractivity contribution in [1.82, 2.24) is 4.90 Å². The number of nitrogens with two attached hydrogens (primary N) is 1. The quantitative estimate of drug-likeness (QED) is 0.663. The molecule has 4 N–H and O–H groups in total. The summed E-state index contributed by atoms with van der Waals surface area (Å²) in [7, 11) is 0. The zero-order valence-electron chi connectivity index (χ0n) is 12.5. The van der Waals surface area contributed by atoms with Crippen molar-refractivity contribution in [3.8, 4) is 0 Å². The number of nitrogen functional groups attached to an aromatic ring is 1. The van der Waals surface area contributed by atoms with Crippen molar-refractivity contribution >= 4 is 17.3 Å². The molecule has 1 amide bonds. The molecule has 0 aliphatic heterocycles. The van der Waals surface area contributed by atoms with Crippen LogP contribution < -0.4 is 11.1 Å². The zero-order chi connectivity index (χ0) is 15.1. The van der Waals surface area contributed by atoms with Crippen LogP contribution >= 0.6 is 0 Å². The molecule has 1 aromatic carbocycles. The van der Waals surface area contributed by atoms with Gasteiger partial charge in [-0.05, 0) is 44.9 Å². The number of aliphatic hydroxyl groups is 1. The molecule has 0 saturated heterocycles. The Balaban J connectivity index is 2.61. The summed E-state index contributed by atoms with van der Waals surface area (Å²) in [6.07, 6.45) is 0.665. The Morgan fingerprint density at radius 1 is 1.45 bits per heavy atom. The lowest BCUT2D eigenvalue weighted by atomic mass is 10.2. The van der Waals surface area contributed by atoms with E-state index in [1.165, 1.54) is 0 Å². The number of anilines is 2. The molecule has 0 radical (unpaired) electrons. The molecule has 1 aromatic rings. The Morgan fingerprint density at radius 3 is 2.70 bits per heavy atom. The number of aliphatic hydroxyl groups excluding tert-OH is 1. The molecule has 5 nitrogen and oxygen atoms in total. The lowest BCUT2D eigenvalue weighted by Crippen LogP contribution is -2.39. The first-order valence-corrected chi connectivity index (χ1v) is 6.95. The molecular formula is C15H25N3O2. The molecule has 1 rings (SSSR count). The summed E-state index contributed by atoms with van der Waals surface area (Å²) < 4.78 is 0. The molecule has 0 bridgehead atoms. The van der Waals surface area contributed by atoms with Crippen LogP contribution in [0.4, 0.5) is 11.4 Å². The fraction of sp³-hybridized carbons (Fsp3) is 0.533. The van der Waals surface area contributed by atoms with Crippen LogP contribution in [0, 0.1) is 6.92 Å². The van der Waals surface area contributed by atoms with Gasteiger partial charge >= 0.3 is 0 Å². The van der Waals surface area contributed by atoms with Gasteiger partial charge in [-0.2, -0.15) is 0 Å². The summed E-state index contributed by atoms with van der Waals surface area (Å²) in [6.45, 7) is 7.15. The number of hydrogen-bond acceptors (Lipinski definition) is 4. The maximum atomic E-state index is 12.1. The van der Waals surface area contributed by atoms with Crippen molar-refractivity contribution in [2.75, 3.05) is 30.7 Å². The van der Waals surface area contributed by atoms with Crippen LogP contribution in [0.5, 0.6) is 0 Å². The number of amides is 1. The summed E-state index contributed by atoms with van der Waals surface area (Å²) in [6, 6.07) is 5.82. The van der Waals surface area contributed by atoms with Crippen molar-refractivity contribution in [2.24, 2.45) is 0 Å². The van der Waals surface area contributed by atoms with Gasteiger partial charge < -0.3 is 16.2 Å². The Bertz CT molecular complexity index is 447. The van der Waals surface area contributed by atoms with E-state index in [-0.39, 0.29) is 18.6 Å². The van der Waals surface area contributed by atoms with E-state index in [2.05, 4.69) is 5.32 Å². The molecule has 0 aliphatic carbocycles. The molecule has 112 valence electrons. The van der Waals surface area contributed by atoms with Crippen LogP contribution in [0.1, 0.15) is 25.8 Å². The number of aryl methyl sites for hydroxylation is 1. The number of benzene rings is 1. The maximum Gasteiger partial charge on any atom is 0.238 e. The average molecular weight is 279 g/mol. The third-order valence-corrected chi connectivity index (χ3v) is 3.16. The van der Waals surface area contributed by atoms with Gasteiger partial charge in [0.05, 0.1) is 17.9 Å². The van der Waals surface area contributed by atoms with E-state index in [9.17, 15) is 4.79 Å². The van der Waals surface area contributed by atoms with E-state index in [1.807, 2.05) is 43.9 Å². The fourth-order valence-corrected chi connectivity index (χ4v) is 1.96. The van der Waals surface area contributed by atoms with Crippen LogP contribution in [0.3, 0.4) is 0 Å². The fourth-order valence-electron chi connectivity index (χ4n) is 1.96.